The molecule has 0 spiro atoms. The molecular weight excluding hydrogens is 242 g/mol. The van der Waals surface area contributed by atoms with Gasteiger partial charge in [-0.2, -0.15) is 5.10 Å². The fourth-order valence-electron chi connectivity index (χ4n) is 1.76. The van der Waals surface area contributed by atoms with Crippen molar-refractivity contribution in [3.63, 3.8) is 0 Å². The average Bonchev–Trinajstić information content (AvgIpc) is 2.90. The van der Waals surface area contributed by atoms with Crippen molar-refractivity contribution < 1.29 is 4.79 Å². The van der Waals surface area contributed by atoms with Crippen molar-refractivity contribution in [2.45, 2.75) is 6.54 Å². The third kappa shape index (κ3) is 2.28. The van der Waals surface area contributed by atoms with E-state index in [1.165, 1.54) is 6.20 Å². The number of nitrogens with zero attached hydrogens (tertiary/aromatic N) is 4. The van der Waals surface area contributed by atoms with E-state index in [0.29, 0.717) is 17.8 Å². The lowest BCUT2D eigenvalue weighted by molar-refractivity contribution is 0.0952. The van der Waals surface area contributed by atoms with E-state index in [2.05, 4.69) is 20.4 Å². The SMILES string of the molecule is O=C(NCc1ccccn1)c1cnn2cccnc12. The zero-order valence-electron chi connectivity index (χ0n) is 10.0. The molecule has 1 amide bonds. The standard InChI is InChI=1S/C13H11N5O/c19-13(16-8-10-4-1-2-5-14-10)11-9-17-18-7-3-6-15-12(11)18/h1-7,9H,8H2,(H,16,19). The molecule has 0 bridgehead atoms. The van der Waals surface area contributed by atoms with Crippen LogP contribution in [0.4, 0.5) is 0 Å². The zero-order valence-corrected chi connectivity index (χ0v) is 10.0. The number of hydrogen-bond acceptors (Lipinski definition) is 4. The Labute approximate surface area is 109 Å². The molecule has 0 aliphatic rings. The van der Waals surface area contributed by atoms with Crippen LogP contribution in [0, 0.1) is 0 Å². The van der Waals surface area contributed by atoms with Gasteiger partial charge in [-0.05, 0) is 18.2 Å². The summed E-state index contributed by atoms with van der Waals surface area (Å²) in [7, 11) is 0. The lowest BCUT2D eigenvalue weighted by atomic mass is 10.3. The Morgan fingerprint density at radius 2 is 2.11 bits per heavy atom. The van der Waals surface area contributed by atoms with Gasteiger partial charge in [0.25, 0.3) is 5.91 Å². The number of nitrogens with one attached hydrogen (secondary N) is 1. The van der Waals surface area contributed by atoms with E-state index >= 15 is 0 Å². The average molecular weight is 253 g/mol. The molecule has 0 radical (unpaired) electrons. The third-order valence-corrected chi connectivity index (χ3v) is 2.68. The van der Waals surface area contributed by atoms with Crippen molar-refractivity contribution in [1.82, 2.24) is 24.9 Å². The Hall–Kier alpha value is -2.76. The molecular formula is C13H11N5O. The first-order valence-corrected chi connectivity index (χ1v) is 5.81. The highest BCUT2D eigenvalue weighted by molar-refractivity contribution is 5.99. The quantitative estimate of drug-likeness (QED) is 0.757. The number of carbonyl (C=O) groups is 1. The Morgan fingerprint density at radius 3 is 2.95 bits per heavy atom. The highest BCUT2D eigenvalue weighted by atomic mass is 16.1. The van der Waals surface area contributed by atoms with Crippen molar-refractivity contribution >= 4 is 11.6 Å². The number of pyridine rings is 1. The van der Waals surface area contributed by atoms with Crippen LogP contribution >= 0.6 is 0 Å². The molecule has 6 nitrogen and oxygen atoms in total. The van der Waals surface area contributed by atoms with E-state index in [0.717, 1.165) is 5.69 Å². The van der Waals surface area contributed by atoms with Crippen LogP contribution in [0.2, 0.25) is 0 Å². The van der Waals surface area contributed by atoms with E-state index in [-0.39, 0.29) is 5.91 Å². The molecule has 3 aromatic heterocycles. The first kappa shape index (κ1) is 11.3. The zero-order chi connectivity index (χ0) is 13.1. The van der Waals surface area contributed by atoms with Crippen molar-refractivity contribution in [2.75, 3.05) is 0 Å². The maximum Gasteiger partial charge on any atom is 0.257 e. The van der Waals surface area contributed by atoms with Crippen molar-refractivity contribution in [3.05, 3.63) is 60.3 Å². The molecule has 0 atom stereocenters. The van der Waals surface area contributed by atoms with Gasteiger partial charge in [-0.15, -0.1) is 0 Å². The molecule has 6 heteroatoms. The largest absolute Gasteiger partial charge is 0.346 e. The highest BCUT2D eigenvalue weighted by Gasteiger charge is 2.12. The molecule has 3 aromatic rings. The summed E-state index contributed by atoms with van der Waals surface area (Å²) in [5.41, 5.74) is 1.80. The summed E-state index contributed by atoms with van der Waals surface area (Å²) in [6, 6.07) is 7.33. The molecule has 0 saturated heterocycles. The minimum absolute atomic E-state index is 0.209. The number of aromatic nitrogens is 4. The molecule has 1 N–H and O–H groups in total. The van der Waals surface area contributed by atoms with E-state index < -0.39 is 0 Å². The highest BCUT2D eigenvalue weighted by Crippen LogP contribution is 2.06. The van der Waals surface area contributed by atoms with E-state index in [4.69, 9.17) is 0 Å². The third-order valence-electron chi connectivity index (χ3n) is 2.68. The molecule has 0 aliphatic heterocycles. The van der Waals surface area contributed by atoms with Crippen LogP contribution in [0.1, 0.15) is 16.1 Å². The number of rotatable bonds is 3. The normalized spacial score (nSPS) is 10.5. The lowest BCUT2D eigenvalue weighted by Crippen LogP contribution is -2.23. The van der Waals surface area contributed by atoms with Gasteiger partial charge in [0, 0.05) is 18.6 Å². The summed E-state index contributed by atoms with van der Waals surface area (Å²) in [5.74, 6) is -0.209. The Bertz CT molecular complexity index is 707. The number of hydrogen-bond donors (Lipinski definition) is 1. The molecule has 0 aromatic carbocycles. The predicted octanol–water partition coefficient (Wildman–Crippen LogP) is 1.05. The minimum Gasteiger partial charge on any atom is -0.346 e. The molecule has 3 heterocycles. The van der Waals surface area contributed by atoms with Crippen LogP contribution in [-0.2, 0) is 6.54 Å². The molecule has 3 rings (SSSR count). The molecule has 0 aliphatic carbocycles. The van der Waals surface area contributed by atoms with Gasteiger partial charge in [0.15, 0.2) is 5.65 Å². The number of carbonyl (C=O) groups excluding carboxylic acids is 1. The summed E-state index contributed by atoms with van der Waals surface area (Å²) in [4.78, 5) is 20.3. The van der Waals surface area contributed by atoms with Gasteiger partial charge in [-0.25, -0.2) is 9.50 Å². The summed E-state index contributed by atoms with van der Waals surface area (Å²) in [6.07, 6.45) is 6.58. The van der Waals surface area contributed by atoms with Gasteiger partial charge in [-0.3, -0.25) is 9.78 Å². The minimum atomic E-state index is -0.209. The van der Waals surface area contributed by atoms with Gasteiger partial charge in [0.1, 0.15) is 5.56 Å². The van der Waals surface area contributed by atoms with Gasteiger partial charge in [-0.1, -0.05) is 6.07 Å². The molecule has 0 unspecified atom stereocenters. The van der Waals surface area contributed by atoms with Gasteiger partial charge in [0.05, 0.1) is 18.4 Å². The van der Waals surface area contributed by atoms with Gasteiger partial charge < -0.3 is 5.32 Å². The van der Waals surface area contributed by atoms with E-state index in [9.17, 15) is 4.79 Å². The van der Waals surface area contributed by atoms with Crippen molar-refractivity contribution in [2.24, 2.45) is 0 Å². The smallest absolute Gasteiger partial charge is 0.257 e. The molecule has 19 heavy (non-hydrogen) atoms. The van der Waals surface area contributed by atoms with Crippen LogP contribution in [-0.4, -0.2) is 25.5 Å². The monoisotopic (exact) mass is 253 g/mol. The Balaban J connectivity index is 1.77. The first-order valence-electron chi connectivity index (χ1n) is 5.81. The second-order valence-corrected chi connectivity index (χ2v) is 3.95. The van der Waals surface area contributed by atoms with Crippen molar-refractivity contribution in [1.29, 1.82) is 0 Å². The summed E-state index contributed by atoms with van der Waals surface area (Å²) < 4.78 is 1.57. The predicted molar refractivity (Wildman–Crippen MR) is 68.4 cm³/mol. The van der Waals surface area contributed by atoms with Crippen LogP contribution in [0.25, 0.3) is 5.65 Å². The summed E-state index contributed by atoms with van der Waals surface area (Å²) in [5, 5.41) is 6.87. The van der Waals surface area contributed by atoms with Gasteiger partial charge in [0.2, 0.25) is 0 Å². The van der Waals surface area contributed by atoms with E-state index in [1.54, 1.807) is 29.2 Å². The number of amides is 1. The fourth-order valence-corrected chi connectivity index (χ4v) is 1.76. The molecule has 0 saturated carbocycles. The maximum atomic E-state index is 12.1. The second-order valence-electron chi connectivity index (χ2n) is 3.95. The number of fused-ring (bicyclic) bond motifs is 1. The Morgan fingerprint density at radius 1 is 1.21 bits per heavy atom. The fraction of sp³-hybridized carbons (Fsp3) is 0.0769. The van der Waals surface area contributed by atoms with Crippen LogP contribution in [0.15, 0.2) is 49.1 Å². The van der Waals surface area contributed by atoms with Crippen LogP contribution < -0.4 is 5.32 Å². The van der Waals surface area contributed by atoms with Crippen molar-refractivity contribution in [3.8, 4) is 0 Å². The van der Waals surface area contributed by atoms with Crippen LogP contribution in [0.3, 0.4) is 0 Å². The summed E-state index contributed by atoms with van der Waals surface area (Å²) >= 11 is 0. The molecule has 94 valence electrons. The maximum absolute atomic E-state index is 12.1. The lowest BCUT2D eigenvalue weighted by Gasteiger charge is -2.02. The van der Waals surface area contributed by atoms with Crippen LogP contribution in [0.5, 0.6) is 0 Å². The molecule has 0 fully saturated rings. The van der Waals surface area contributed by atoms with Gasteiger partial charge >= 0.3 is 0 Å². The summed E-state index contributed by atoms with van der Waals surface area (Å²) in [6.45, 7) is 0.379. The topological polar surface area (TPSA) is 72.2 Å². The second kappa shape index (κ2) is 4.85. The van der Waals surface area contributed by atoms with E-state index in [1.807, 2.05) is 18.2 Å². The first-order chi connectivity index (χ1) is 9.34. The Kier molecular flexibility index (Phi) is 2.89.